The van der Waals surface area contributed by atoms with Gasteiger partial charge < -0.3 is 10.5 Å². The zero-order valence-corrected chi connectivity index (χ0v) is 9.88. The van der Waals surface area contributed by atoms with Crippen LogP contribution in [0.5, 0.6) is 0 Å². The number of ether oxygens (including phenoxy) is 1. The molecule has 1 saturated carbocycles. The normalized spacial score (nSPS) is 36.9. The minimum Gasteiger partial charge on any atom is -0.378 e. The van der Waals surface area contributed by atoms with Gasteiger partial charge in [-0.2, -0.15) is 0 Å². The van der Waals surface area contributed by atoms with E-state index in [4.69, 9.17) is 10.5 Å². The average Bonchev–Trinajstić information content (AvgIpc) is 2.21. The van der Waals surface area contributed by atoms with E-state index in [0.29, 0.717) is 12.1 Å². The summed E-state index contributed by atoms with van der Waals surface area (Å²) in [6, 6.07) is 0.351. The van der Waals surface area contributed by atoms with Crippen molar-refractivity contribution in [1.29, 1.82) is 0 Å². The van der Waals surface area contributed by atoms with Crippen LogP contribution < -0.4 is 5.73 Å². The van der Waals surface area contributed by atoms with Gasteiger partial charge in [-0.15, -0.1) is 0 Å². The van der Waals surface area contributed by atoms with E-state index in [-0.39, 0.29) is 5.41 Å². The van der Waals surface area contributed by atoms with E-state index in [0.717, 1.165) is 19.4 Å². The predicted octanol–water partition coefficient (Wildman–Crippen LogP) is 2.71. The topological polar surface area (TPSA) is 35.2 Å². The zero-order chi connectivity index (χ0) is 10.6. The highest BCUT2D eigenvalue weighted by Gasteiger charge is 2.48. The second-order valence-electron chi connectivity index (χ2n) is 4.77. The average molecular weight is 199 g/mol. The Morgan fingerprint density at radius 2 is 2.07 bits per heavy atom. The van der Waals surface area contributed by atoms with Crippen LogP contribution in [0.15, 0.2) is 0 Å². The third-order valence-corrected chi connectivity index (χ3v) is 3.88. The molecule has 1 rings (SSSR count). The summed E-state index contributed by atoms with van der Waals surface area (Å²) in [6.07, 6.45) is 6.34. The lowest BCUT2D eigenvalue weighted by atomic mass is 9.62. The van der Waals surface area contributed by atoms with E-state index >= 15 is 0 Å². The highest BCUT2D eigenvalue weighted by molar-refractivity contribution is 5.02. The SMILES string of the molecule is CCCCCOC1CC(N)C1(C)CC. The molecular formula is C12H25NO. The van der Waals surface area contributed by atoms with Crippen molar-refractivity contribution >= 4 is 0 Å². The van der Waals surface area contributed by atoms with E-state index in [2.05, 4.69) is 20.8 Å². The molecule has 0 bridgehead atoms. The van der Waals surface area contributed by atoms with Gasteiger partial charge in [-0.3, -0.25) is 0 Å². The fourth-order valence-electron chi connectivity index (χ4n) is 2.17. The van der Waals surface area contributed by atoms with Crippen molar-refractivity contribution in [3.8, 4) is 0 Å². The molecule has 2 nitrogen and oxygen atoms in total. The van der Waals surface area contributed by atoms with Crippen molar-refractivity contribution in [3.05, 3.63) is 0 Å². The van der Waals surface area contributed by atoms with Crippen molar-refractivity contribution in [2.24, 2.45) is 11.1 Å². The molecule has 3 atom stereocenters. The largest absolute Gasteiger partial charge is 0.378 e. The fraction of sp³-hybridized carbons (Fsp3) is 1.00. The standard InChI is InChI=1S/C12H25NO/c1-4-6-7-8-14-11-9-10(13)12(11,3)5-2/h10-11H,4-9,13H2,1-3H3. The molecule has 0 amide bonds. The molecule has 0 radical (unpaired) electrons. The van der Waals surface area contributed by atoms with Gasteiger partial charge in [0.15, 0.2) is 0 Å². The molecule has 0 aromatic rings. The van der Waals surface area contributed by atoms with Crippen LogP contribution in [-0.4, -0.2) is 18.8 Å². The molecule has 2 heteroatoms. The molecule has 2 N–H and O–H groups in total. The number of hydrogen-bond acceptors (Lipinski definition) is 2. The van der Waals surface area contributed by atoms with Crippen LogP contribution in [0, 0.1) is 5.41 Å². The molecule has 1 aliphatic carbocycles. The summed E-state index contributed by atoms with van der Waals surface area (Å²) in [5.74, 6) is 0. The van der Waals surface area contributed by atoms with Gasteiger partial charge in [-0.25, -0.2) is 0 Å². The molecule has 1 aliphatic rings. The van der Waals surface area contributed by atoms with Crippen molar-refractivity contribution in [1.82, 2.24) is 0 Å². The maximum absolute atomic E-state index is 6.01. The van der Waals surface area contributed by atoms with Crippen molar-refractivity contribution in [2.45, 2.75) is 65.0 Å². The smallest absolute Gasteiger partial charge is 0.0658 e. The molecule has 84 valence electrons. The first-order valence-corrected chi connectivity index (χ1v) is 6.02. The summed E-state index contributed by atoms with van der Waals surface area (Å²) >= 11 is 0. The molecule has 0 saturated heterocycles. The maximum Gasteiger partial charge on any atom is 0.0658 e. The van der Waals surface area contributed by atoms with Crippen LogP contribution in [0.1, 0.15) is 52.9 Å². The van der Waals surface area contributed by atoms with E-state index in [1.807, 2.05) is 0 Å². The Balaban J connectivity index is 2.20. The first-order chi connectivity index (χ1) is 6.65. The van der Waals surface area contributed by atoms with E-state index in [9.17, 15) is 0 Å². The lowest BCUT2D eigenvalue weighted by Crippen LogP contribution is -2.60. The molecule has 0 aliphatic heterocycles. The van der Waals surface area contributed by atoms with Gasteiger partial charge in [-0.1, -0.05) is 33.6 Å². The Hall–Kier alpha value is -0.0800. The number of unbranched alkanes of at least 4 members (excludes halogenated alkanes) is 2. The first kappa shape index (κ1) is 12.0. The Morgan fingerprint density at radius 3 is 2.57 bits per heavy atom. The zero-order valence-electron chi connectivity index (χ0n) is 9.88. The molecule has 0 aromatic carbocycles. The maximum atomic E-state index is 6.01. The second kappa shape index (κ2) is 5.13. The second-order valence-corrected chi connectivity index (χ2v) is 4.77. The monoisotopic (exact) mass is 199 g/mol. The lowest BCUT2D eigenvalue weighted by molar-refractivity contribution is -0.119. The quantitative estimate of drug-likeness (QED) is 0.668. The summed E-state index contributed by atoms with van der Waals surface area (Å²) in [6.45, 7) is 7.60. The molecule has 3 unspecified atom stereocenters. The number of hydrogen-bond donors (Lipinski definition) is 1. The van der Waals surface area contributed by atoms with Crippen LogP contribution in [0.25, 0.3) is 0 Å². The van der Waals surface area contributed by atoms with E-state index < -0.39 is 0 Å². The van der Waals surface area contributed by atoms with Gasteiger partial charge in [0, 0.05) is 18.1 Å². The third-order valence-electron chi connectivity index (χ3n) is 3.88. The predicted molar refractivity (Wildman–Crippen MR) is 60.3 cm³/mol. The van der Waals surface area contributed by atoms with Gasteiger partial charge >= 0.3 is 0 Å². The Labute approximate surface area is 88.2 Å². The van der Waals surface area contributed by atoms with Crippen molar-refractivity contribution in [2.75, 3.05) is 6.61 Å². The first-order valence-electron chi connectivity index (χ1n) is 6.02. The van der Waals surface area contributed by atoms with Gasteiger partial charge in [0.25, 0.3) is 0 Å². The summed E-state index contributed by atoms with van der Waals surface area (Å²) in [4.78, 5) is 0. The summed E-state index contributed by atoms with van der Waals surface area (Å²) in [7, 11) is 0. The van der Waals surface area contributed by atoms with E-state index in [1.165, 1.54) is 19.3 Å². The molecule has 0 spiro atoms. The van der Waals surface area contributed by atoms with Crippen LogP contribution in [-0.2, 0) is 4.74 Å². The van der Waals surface area contributed by atoms with Crippen LogP contribution in [0.3, 0.4) is 0 Å². The Kier molecular flexibility index (Phi) is 4.39. The van der Waals surface area contributed by atoms with Gasteiger partial charge in [0.05, 0.1) is 6.10 Å². The fourth-order valence-corrected chi connectivity index (χ4v) is 2.17. The summed E-state index contributed by atoms with van der Waals surface area (Å²) in [5.41, 5.74) is 6.25. The lowest BCUT2D eigenvalue weighted by Gasteiger charge is -2.51. The van der Waals surface area contributed by atoms with Gasteiger partial charge in [-0.05, 0) is 19.3 Å². The summed E-state index contributed by atoms with van der Waals surface area (Å²) in [5, 5.41) is 0. The molecule has 1 fully saturated rings. The number of rotatable bonds is 6. The molecule has 14 heavy (non-hydrogen) atoms. The number of nitrogens with two attached hydrogens (primary N) is 1. The van der Waals surface area contributed by atoms with Gasteiger partial charge in [0.2, 0.25) is 0 Å². The van der Waals surface area contributed by atoms with Crippen LogP contribution >= 0.6 is 0 Å². The molecule has 0 aromatic heterocycles. The van der Waals surface area contributed by atoms with Crippen molar-refractivity contribution < 1.29 is 4.74 Å². The minimum absolute atomic E-state index is 0.242. The summed E-state index contributed by atoms with van der Waals surface area (Å²) < 4.78 is 5.88. The minimum atomic E-state index is 0.242. The highest BCUT2D eigenvalue weighted by Crippen LogP contribution is 2.44. The molecular weight excluding hydrogens is 174 g/mol. The highest BCUT2D eigenvalue weighted by atomic mass is 16.5. The Bertz CT molecular complexity index is 172. The van der Waals surface area contributed by atoms with Crippen molar-refractivity contribution in [3.63, 3.8) is 0 Å². The van der Waals surface area contributed by atoms with E-state index in [1.54, 1.807) is 0 Å². The third kappa shape index (κ3) is 2.29. The Morgan fingerprint density at radius 1 is 1.36 bits per heavy atom. The molecule has 0 heterocycles. The van der Waals surface area contributed by atoms with Crippen LogP contribution in [0.2, 0.25) is 0 Å². The van der Waals surface area contributed by atoms with Gasteiger partial charge in [0.1, 0.15) is 0 Å². The van der Waals surface area contributed by atoms with Crippen LogP contribution in [0.4, 0.5) is 0 Å².